The summed E-state index contributed by atoms with van der Waals surface area (Å²) in [6.07, 6.45) is 7.45. The van der Waals surface area contributed by atoms with E-state index in [9.17, 15) is 0 Å². The third-order valence-electron chi connectivity index (χ3n) is 9.78. The van der Waals surface area contributed by atoms with Crippen molar-refractivity contribution in [2.75, 3.05) is 0 Å². The van der Waals surface area contributed by atoms with Gasteiger partial charge >= 0.3 is 10.1 Å². The van der Waals surface area contributed by atoms with Crippen LogP contribution in [0.2, 0.25) is 0 Å². The molecule has 0 aliphatic heterocycles. The Morgan fingerprint density at radius 1 is 0.438 bits per heavy atom. The molecule has 4 aromatic carbocycles. The van der Waals surface area contributed by atoms with E-state index in [2.05, 4.69) is 98.7 Å². The monoisotopic (exact) mass is 686 g/mol. The van der Waals surface area contributed by atoms with Crippen molar-refractivity contribution in [1.29, 1.82) is 0 Å². The molecule has 0 N–H and O–H groups in total. The lowest BCUT2D eigenvalue weighted by Crippen LogP contribution is -2.22. The minimum atomic E-state index is -4.24. The minimum absolute atomic E-state index is 0.203. The number of aryl methyl sites for hydroxylation is 10. The van der Waals surface area contributed by atoms with E-state index in [1.165, 1.54) is 50.1 Å². The second-order valence-electron chi connectivity index (χ2n) is 12.8. The predicted octanol–water partition coefficient (Wildman–Crippen LogP) is 11.7. The molecule has 0 radical (unpaired) electrons. The summed E-state index contributed by atoms with van der Waals surface area (Å²) in [6, 6.07) is 21.1. The fourth-order valence-corrected chi connectivity index (χ4v) is 13.8. The molecule has 0 aliphatic carbocycles. The summed E-state index contributed by atoms with van der Waals surface area (Å²) in [6.45, 7) is 21.8. The van der Waals surface area contributed by atoms with Crippen molar-refractivity contribution in [3.05, 3.63) is 116 Å². The van der Waals surface area contributed by atoms with Crippen molar-refractivity contribution in [3.8, 4) is 0 Å². The van der Waals surface area contributed by atoms with E-state index in [1.54, 1.807) is 12.1 Å². The van der Waals surface area contributed by atoms with Gasteiger partial charge in [0.05, 0.1) is 4.90 Å². The molecule has 0 amide bonds. The first-order chi connectivity index (χ1) is 23.0. The van der Waals surface area contributed by atoms with E-state index in [4.69, 9.17) is 3.63 Å². The minimum Gasteiger partial charge on any atom is -0.203 e. The maximum Gasteiger partial charge on any atom is 0.307 e. The Kier molecular flexibility index (Phi) is 12.8. The van der Waals surface area contributed by atoms with E-state index in [0.717, 1.165) is 78.0 Å². The van der Waals surface area contributed by atoms with Gasteiger partial charge in [-0.3, -0.25) is 0 Å². The van der Waals surface area contributed by atoms with Crippen LogP contribution in [0.1, 0.15) is 118 Å². The first-order valence-electron chi connectivity index (χ1n) is 18.3. The normalized spacial score (nSPS) is 12.5. The van der Waals surface area contributed by atoms with Gasteiger partial charge in [-0.25, -0.2) is 3.63 Å². The van der Waals surface area contributed by atoms with Gasteiger partial charge in [-0.05, 0) is 137 Å². The van der Waals surface area contributed by atoms with Gasteiger partial charge < -0.3 is 0 Å². The highest BCUT2D eigenvalue weighted by Gasteiger charge is 2.45. The van der Waals surface area contributed by atoms with E-state index in [1.807, 2.05) is 19.1 Å². The second kappa shape index (κ2) is 16.2. The zero-order valence-electron chi connectivity index (χ0n) is 31.2. The Labute approximate surface area is 294 Å². The van der Waals surface area contributed by atoms with Gasteiger partial charge in [0.2, 0.25) is 0 Å². The first kappa shape index (κ1) is 38.0. The lowest BCUT2D eigenvalue weighted by molar-refractivity contribution is 0.506. The topological polar surface area (TPSA) is 43.4 Å². The van der Waals surface area contributed by atoms with Crippen LogP contribution in [0.5, 0.6) is 0 Å². The fraction of sp³-hybridized carbons (Fsp3) is 0.442. The molecule has 5 heteroatoms. The number of rotatable bonds is 15. The molecule has 4 aromatic rings. The molecular formula is C43H58O3S2. The van der Waals surface area contributed by atoms with Gasteiger partial charge in [-0.15, -0.1) is 0 Å². The van der Waals surface area contributed by atoms with Crippen LogP contribution in [0.4, 0.5) is 0 Å². The molecule has 0 aromatic heterocycles. The lowest BCUT2D eigenvalue weighted by Gasteiger charge is -2.46. The van der Waals surface area contributed by atoms with Crippen LogP contribution in [-0.4, -0.2) is 8.42 Å². The molecule has 4 rings (SSSR count). The molecule has 0 heterocycles. The maximum atomic E-state index is 15.0. The third-order valence-corrected chi connectivity index (χ3v) is 15.5. The molecule has 0 spiro atoms. The first-order valence-corrected chi connectivity index (χ1v) is 21.3. The van der Waals surface area contributed by atoms with Gasteiger partial charge in [0.1, 0.15) is 0 Å². The molecule has 0 saturated carbocycles. The summed E-state index contributed by atoms with van der Waals surface area (Å²) < 4.78 is 37.4. The molecular weight excluding hydrogens is 629 g/mol. The zero-order valence-corrected chi connectivity index (χ0v) is 32.8. The smallest absolute Gasteiger partial charge is 0.203 e. The molecule has 0 saturated heterocycles. The number of benzene rings is 4. The van der Waals surface area contributed by atoms with E-state index in [0.29, 0.717) is 0 Å². The highest BCUT2D eigenvalue weighted by Crippen LogP contribution is 2.75. The maximum absolute atomic E-state index is 15.0. The quantitative estimate of drug-likeness (QED) is 0.125. The van der Waals surface area contributed by atoms with Crippen molar-refractivity contribution >= 4 is 20.4 Å². The van der Waals surface area contributed by atoms with E-state index in [-0.39, 0.29) is 4.90 Å². The molecule has 0 atom stereocenters. The summed E-state index contributed by atoms with van der Waals surface area (Å²) in [7, 11) is -7.11. The Bertz CT molecular complexity index is 1610. The molecule has 260 valence electrons. The molecule has 3 nitrogen and oxygen atoms in total. The van der Waals surface area contributed by atoms with Crippen LogP contribution in [0, 0.1) is 6.92 Å². The zero-order chi connectivity index (χ0) is 35.2. The standard InChI is InChI=1S/C43H58O3S2/c1-11-31-24-34(14-4)41(35(15-5)25-31)47(46-48(44,45)40-22-20-30(10)21-23-40,42-36(16-6)26-32(12-2)27-37(42)17-7)43-38(18-8)28-33(13-3)29-39(43)19-9/h20-29H,11-19H2,1-10H3. The highest BCUT2D eigenvalue weighted by atomic mass is 32.3. The SMILES string of the molecule is CCc1cc(CC)c(S(OS(=O)(=O)c2ccc(C)cc2)(c2c(CC)cc(CC)cc2CC)c2c(CC)cc(CC)cc2CC)c(CC)c1. The number of hydrogen-bond donors (Lipinski definition) is 0. The average molecular weight is 687 g/mol. The van der Waals surface area contributed by atoms with Crippen LogP contribution < -0.4 is 0 Å². The van der Waals surface area contributed by atoms with Gasteiger partial charge in [0, 0.05) is 14.7 Å². The van der Waals surface area contributed by atoms with Crippen molar-refractivity contribution in [3.63, 3.8) is 0 Å². The Morgan fingerprint density at radius 3 is 0.938 bits per heavy atom. The second-order valence-corrected chi connectivity index (χ2v) is 17.1. The van der Waals surface area contributed by atoms with Crippen LogP contribution in [0.3, 0.4) is 0 Å². The molecule has 0 aliphatic rings. The summed E-state index contributed by atoms with van der Waals surface area (Å²) in [5.41, 5.74) is 12.0. The predicted molar refractivity (Wildman–Crippen MR) is 206 cm³/mol. The largest absolute Gasteiger partial charge is 0.307 e. The van der Waals surface area contributed by atoms with Gasteiger partial charge in [0.15, 0.2) is 0 Å². The van der Waals surface area contributed by atoms with E-state index >= 15 is 8.42 Å². The third kappa shape index (κ3) is 7.20. The van der Waals surface area contributed by atoms with Crippen molar-refractivity contribution in [2.24, 2.45) is 0 Å². The molecule has 0 bridgehead atoms. The van der Waals surface area contributed by atoms with E-state index < -0.39 is 20.4 Å². The van der Waals surface area contributed by atoms with Crippen molar-refractivity contribution in [2.45, 2.75) is 147 Å². The van der Waals surface area contributed by atoms with Gasteiger partial charge in [-0.2, -0.15) is 8.42 Å². The highest BCUT2D eigenvalue weighted by molar-refractivity contribution is 8.33. The Balaban J connectivity index is 2.44. The lowest BCUT2D eigenvalue weighted by atomic mass is 10.00. The summed E-state index contributed by atoms with van der Waals surface area (Å²) in [5, 5.41) is 0. The van der Waals surface area contributed by atoms with Crippen LogP contribution in [-0.2, 0) is 71.5 Å². The molecule has 0 fully saturated rings. The Morgan fingerprint density at radius 2 is 0.708 bits per heavy atom. The summed E-state index contributed by atoms with van der Waals surface area (Å²) >= 11 is 0. The van der Waals surface area contributed by atoms with Crippen LogP contribution in [0.15, 0.2) is 80.2 Å². The van der Waals surface area contributed by atoms with Crippen LogP contribution >= 0.6 is 10.3 Å². The summed E-state index contributed by atoms with van der Waals surface area (Å²) in [4.78, 5) is 3.46. The molecule has 0 unspecified atom stereocenters. The summed E-state index contributed by atoms with van der Waals surface area (Å²) in [5.74, 6) is 0. The van der Waals surface area contributed by atoms with Gasteiger partial charge in [-0.1, -0.05) is 116 Å². The molecule has 48 heavy (non-hydrogen) atoms. The van der Waals surface area contributed by atoms with Crippen molar-refractivity contribution in [1.82, 2.24) is 0 Å². The number of hydrogen-bond acceptors (Lipinski definition) is 3. The van der Waals surface area contributed by atoms with Crippen molar-refractivity contribution < 1.29 is 12.0 Å². The average Bonchev–Trinajstić information content (AvgIpc) is 3.12. The van der Waals surface area contributed by atoms with Gasteiger partial charge in [0.25, 0.3) is 0 Å². The van der Waals surface area contributed by atoms with Crippen LogP contribution in [0.25, 0.3) is 0 Å². The Hall–Kier alpha value is -2.86. The fourth-order valence-electron chi connectivity index (χ4n) is 7.06.